The largest absolute Gasteiger partial charge is 0.484 e. The Bertz CT molecular complexity index is 1220. The van der Waals surface area contributed by atoms with Crippen LogP contribution in [0.15, 0.2) is 65.3 Å². The minimum atomic E-state index is -0.480. The zero-order chi connectivity index (χ0) is 21.8. The van der Waals surface area contributed by atoms with Gasteiger partial charge in [0.05, 0.1) is 11.6 Å². The number of aromatic nitrogens is 3. The lowest BCUT2D eigenvalue weighted by atomic mass is 10.2. The summed E-state index contributed by atoms with van der Waals surface area (Å²) in [6, 6.07) is 15.5. The molecule has 2 heterocycles. The normalized spacial score (nSPS) is 10.8. The fourth-order valence-corrected chi connectivity index (χ4v) is 3.36. The molecule has 0 saturated carbocycles. The van der Waals surface area contributed by atoms with Crippen LogP contribution in [0.2, 0.25) is 15.1 Å². The number of nitrogens with zero attached hydrogens (tertiary/aromatic N) is 3. The molecular weight excluding hydrogens is 463 g/mol. The Labute approximate surface area is 192 Å². The van der Waals surface area contributed by atoms with Gasteiger partial charge in [0.25, 0.3) is 5.91 Å². The van der Waals surface area contributed by atoms with Gasteiger partial charge in [0, 0.05) is 10.0 Å². The van der Waals surface area contributed by atoms with Crippen LogP contribution in [0.3, 0.4) is 0 Å². The summed E-state index contributed by atoms with van der Waals surface area (Å²) < 4.78 is 12.7. The van der Waals surface area contributed by atoms with Gasteiger partial charge >= 0.3 is 0 Å². The molecule has 2 aromatic heterocycles. The van der Waals surface area contributed by atoms with E-state index in [2.05, 4.69) is 15.4 Å². The van der Waals surface area contributed by atoms with Crippen LogP contribution in [0.5, 0.6) is 5.75 Å². The number of hydrogen-bond acceptors (Lipinski definition) is 5. The van der Waals surface area contributed by atoms with Crippen LogP contribution in [0, 0.1) is 0 Å². The van der Waals surface area contributed by atoms with Crippen molar-refractivity contribution in [3.63, 3.8) is 0 Å². The van der Waals surface area contributed by atoms with E-state index in [0.29, 0.717) is 33.1 Å². The number of anilines is 1. The van der Waals surface area contributed by atoms with E-state index in [1.165, 1.54) is 6.33 Å². The Hall–Kier alpha value is -3.00. The molecule has 1 amide bonds. The van der Waals surface area contributed by atoms with Gasteiger partial charge in [0.2, 0.25) is 5.95 Å². The number of furan rings is 1. The maximum Gasteiger partial charge on any atom is 0.293 e. The monoisotopic (exact) mass is 476 g/mol. The van der Waals surface area contributed by atoms with Crippen molar-refractivity contribution in [1.29, 1.82) is 0 Å². The van der Waals surface area contributed by atoms with Crippen molar-refractivity contribution >= 4 is 46.7 Å². The number of carbonyl (C=O) groups excluding carboxylic acids is 1. The zero-order valence-electron chi connectivity index (χ0n) is 15.9. The van der Waals surface area contributed by atoms with Crippen molar-refractivity contribution in [2.24, 2.45) is 0 Å². The number of para-hydroxylation sites is 1. The van der Waals surface area contributed by atoms with Gasteiger partial charge in [-0.2, -0.15) is 0 Å². The Kier molecular flexibility index (Phi) is 6.46. The zero-order valence-corrected chi connectivity index (χ0v) is 18.2. The molecule has 0 fully saturated rings. The van der Waals surface area contributed by atoms with Crippen LogP contribution in [-0.4, -0.2) is 20.7 Å². The van der Waals surface area contributed by atoms with Crippen LogP contribution in [0.1, 0.15) is 21.9 Å². The molecule has 0 bridgehead atoms. The predicted molar refractivity (Wildman–Crippen MR) is 118 cm³/mol. The molecule has 31 heavy (non-hydrogen) atoms. The highest BCUT2D eigenvalue weighted by Gasteiger charge is 2.15. The van der Waals surface area contributed by atoms with E-state index in [1.807, 2.05) is 12.1 Å². The van der Waals surface area contributed by atoms with Gasteiger partial charge in [-0.15, -0.1) is 5.10 Å². The van der Waals surface area contributed by atoms with Crippen molar-refractivity contribution in [3.8, 4) is 5.75 Å². The molecule has 0 aliphatic heterocycles. The Balaban J connectivity index is 1.35. The summed E-state index contributed by atoms with van der Waals surface area (Å²) in [5.41, 5.74) is 0.822. The number of amides is 1. The fraction of sp³-hybridized carbons (Fsp3) is 0.0952. The third kappa shape index (κ3) is 5.38. The molecule has 0 aliphatic rings. The Morgan fingerprint density at radius 1 is 1.06 bits per heavy atom. The number of benzene rings is 2. The van der Waals surface area contributed by atoms with E-state index in [0.717, 1.165) is 5.56 Å². The highest BCUT2D eigenvalue weighted by Crippen LogP contribution is 2.24. The first-order valence-corrected chi connectivity index (χ1v) is 10.2. The van der Waals surface area contributed by atoms with Crippen molar-refractivity contribution in [3.05, 3.63) is 93.1 Å². The number of halogens is 3. The van der Waals surface area contributed by atoms with Gasteiger partial charge in [0.1, 0.15) is 24.4 Å². The summed E-state index contributed by atoms with van der Waals surface area (Å²) in [5.74, 6) is 0.768. The average Bonchev–Trinajstić information content (AvgIpc) is 3.39. The van der Waals surface area contributed by atoms with Gasteiger partial charge in [-0.3, -0.25) is 10.1 Å². The number of hydrogen-bond donors (Lipinski definition) is 1. The summed E-state index contributed by atoms with van der Waals surface area (Å²) in [5, 5.41) is 8.39. The Morgan fingerprint density at radius 2 is 1.90 bits per heavy atom. The third-order valence-electron chi connectivity index (χ3n) is 4.20. The molecule has 7 nitrogen and oxygen atoms in total. The fourth-order valence-electron chi connectivity index (χ4n) is 2.70. The first kappa shape index (κ1) is 21.2. The SMILES string of the molecule is O=C(Nc1ncn(Cc2ccc(Cl)cc2Cl)n1)c1ccc(COc2ccccc2Cl)o1. The second kappa shape index (κ2) is 9.43. The second-order valence-corrected chi connectivity index (χ2v) is 7.69. The predicted octanol–water partition coefficient (Wildman–Crippen LogP) is 5.71. The van der Waals surface area contributed by atoms with Crippen LogP contribution >= 0.6 is 34.8 Å². The summed E-state index contributed by atoms with van der Waals surface area (Å²) in [7, 11) is 0. The van der Waals surface area contributed by atoms with Gasteiger partial charge in [-0.05, 0) is 42.0 Å². The van der Waals surface area contributed by atoms with Crippen LogP contribution < -0.4 is 10.1 Å². The van der Waals surface area contributed by atoms with Crippen LogP contribution in [0.4, 0.5) is 5.95 Å². The van der Waals surface area contributed by atoms with Crippen molar-refractivity contribution in [2.45, 2.75) is 13.2 Å². The maximum atomic E-state index is 12.4. The third-order valence-corrected chi connectivity index (χ3v) is 5.10. The molecule has 0 unspecified atom stereocenters. The molecular formula is C21H15Cl3N4O3. The molecule has 0 radical (unpaired) electrons. The second-order valence-electron chi connectivity index (χ2n) is 6.44. The standard InChI is InChI=1S/C21H15Cl3N4O3/c22-14-6-5-13(17(24)9-14)10-28-12-25-21(27-28)26-20(29)19-8-7-15(31-19)11-30-18-4-2-1-3-16(18)23/h1-9,12H,10-11H2,(H,26,27,29). The number of carbonyl (C=O) groups is 1. The molecule has 0 saturated heterocycles. The quantitative estimate of drug-likeness (QED) is 0.368. The molecule has 0 spiro atoms. The van der Waals surface area contributed by atoms with E-state index in [9.17, 15) is 4.79 Å². The Morgan fingerprint density at radius 3 is 2.71 bits per heavy atom. The van der Waals surface area contributed by atoms with Crippen molar-refractivity contribution in [2.75, 3.05) is 5.32 Å². The highest BCUT2D eigenvalue weighted by molar-refractivity contribution is 6.35. The lowest BCUT2D eigenvalue weighted by molar-refractivity contribution is 0.0991. The molecule has 2 aromatic carbocycles. The number of rotatable bonds is 7. The molecule has 4 rings (SSSR count). The van der Waals surface area contributed by atoms with Crippen LogP contribution in [-0.2, 0) is 13.2 Å². The molecule has 0 aliphatic carbocycles. The van der Waals surface area contributed by atoms with E-state index in [4.69, 9.17) is 44.0 Å². The van der Waals surface area contributed by atoms with E-state index < -0.39 is 5.91 Å². The first-order valence-electron chi connectivity index (χ1n) is 9.09. The lowest BCUT2D eigenvalue weighted by Gasteiger charge is -2.05. The molecule has 4 aromatic rings. The summed E-state index contributed by atoms with van der Waals surface area (Å²) in [6.45, 7) is 0.509. The highest BCUT2D eigenvalue weighted by atomic mass is 35.5. The van der Waals surface area contributed by atoms with Gasteiger partial charge in [-0.25, -0.2) is 9.67 Å². The van der Waals surface area contributed by atoms with Crippen LogP contribution in [0.25, 0.3) is 0 Å². The molecule has 158 valence electrons. The van der Waals surface area contributed by atoms with Crippen molar-refractivity contribution in [1.82, 2.24) is 14.8 Å². The average molecular weight is 478 g/mol. The maximum absolute atomic E-state index is 12.4. The molecule has 0 atom stereocenters. The van der Waals surface area contributed by atoms with E-state index in [1.54, 1.807) is 47.1 Å². The topological polar surface area (TPSA) is 82.2 Å². The summed E-state index contributed by atoms with van der Waals surface area (Å²) in [6.07, 6.45) is 1.49. The molecule has 1 N–H and O–H groups in total. The number of nitrogens with one attached hydrogen (secondary N) is 1. The van der Waals surface area contributed by atoms with E-state index >= 15 is 0 Å². The summed E-state index contributed by atoms with van der Waals surface area (Å²) >= 11 is 18.1. The minimum absolute atomic E-state index is 0.106. The smallest absolute Gasteiger partial charge is 0.293 e. The number of ether oxygens (including phenoxy) is 1. The van der Waals surface area contributed by atoms with E-state index in [-0.39, 0.29) is 18.3 Å². The molecule has 10 heteroatoms. The van der Waals surface area contributed by atoms with Gasteiger partial charge < -0.3 is 9.15 Å². The van der Waals surface area contributed by atoms with Gasteiger partial charge in [0.15, 0.2) is 5.76 Å². The first-order chi connectivity index (χ1) is 15.0. The summed E-state index contributed by atoms with van der Waals surface area (Å²) in [4.78, 5) is 16.5. The lowest BCUT2D eigenvalue weighted by Crippen LogP contribution is -2.12. The van der Waals surface area contributed by atoms with Gasteiger partial charge in [-0.1, -0.05) is 53.0 Å². The van der Waals surface area contributed by atoms with Crippen molar-refractivity contribution < 1.29 is 13.9 Å². The minimum Gasteiger partial charge on any atom is -0.484 e.